The van der Waals surface area contributed by atoms with Gasteiger partial charge in [0, 0.05) is 25.1 Å². The number of carbonyl (C=O) groups excluding carboxylic acids is 3. The predicted octanol–water partition coefficient (Wildman–Crippen LogP) is 3.83. The molecule has 152 valence electrons. The monoisotopic (exact) mass is 392 g/mol. The van der Waals surface area contributed by atoms with Crippen molar-refractivity contribution in [3.05, 3.63) is 60.2 Å². The lowest BCUT2D eigenvalue weighted by Gasteiger charge is -2.30. The average molecular weight is 392 g/mol. The summed E-state index contributed by atoms with van der Waals surface area (Å²) >= 11 is 0. The first kappa shape index (κ1) is 20.8. The Hall–Kier alpha value is -2.95. The lowest BCUT2D eigenvalue weighted by molar-refractivity contribution is -0.134. The molecule has 1 atom stereocenters. The highest BCUT2D eigenvalue weighted by molar-refractivity contribution is 5.98. The van der Waals surface area contributed by atoms with Crippen molar-refractivity contribution in [2.45, 2.75) is 44.6 Å². The van der Waals surface area contributed by atoms with Crippen LogP contribution in [0.5, 0.6) is 0 Å². The summed E-state index contributed by atoms with van der Waals surface area (Å²) in [4.78, 5) is 38.2. The van der Waals surface area contributed by atoms with Crippen molar-refractivity contribution in [3.8, 4) is 11.1 Å². The van der Waals surface area contributed by atoms with Crippen LogP contribution in [0.25, 0.3) is 11.1 Å². The first-order valence-electron chi connectivity index (χ1n) is 10.4. The summed E-state index contributed by atoms with van der Waals surface area (Å²) in [6.45, 7) is 1.48. The number of nitrogens with zero attached hydrogens (tertiary/aromatic N) is 1. The van der Waals surface area contributed by atoms with Gasteiger partial charge in [-0.15, -0.1) is 0 Å². The maximum absolute atomic E-state index is 12.9. The number of nitrogens with one attached hydrogen (secondary N) is 1. The summed E-state index contributed by atoms with van der Waals surface area (Å²) in [5.41, 5.74) is 2.65. The summed E-state index contributed by atoms with van der Waals surface area (Å²) in [6.07, 6.45) is 5.45. The van der Waals surface area contributed by atoms with E-state index in [2.05, 4.69) is 5.32 Å². The number of amides is 2. The van der Waals surface area contributed by atoms with E-state index in [0.717, 1.165) is 49.8 Å². The minimum absolute atomic E-state index is 0.0372. The second kappa shape index (κ2) is 10.6. The highest BCUT2D eigenvalue weighted by Crippen LogP contribution is 2.19. The zero-order chi connectivity index (χ0) is 20.5. The first-order chi connectivity index (χ1) is 14.2. The maximum Gasteiger partial charge on any atom is 0.251 e. The highest BCUT2D eigenvalue weighted by Gasteiger charge is 2.27. The van der Waals surface area contributed by atoms with Crippen LogP contribution in [0.1, 0.15) is 48.9 Å². The second-order valence-corrected chi connectivity index (χ2v) is 7.45. The summed E-state index contributed by atoms with van der Waals surface area (Å²) in [5, 5.41) is 2.90. The second-order valence-electron chi connectivity index (χ2n) is 7.45. The summed E-state index contributed by atoms with van der Waals surface area (Å²) < 4.78 is 0. The molecule has 5 nitrogen and oxygen atoms in total. The van der Waals surface area contributed by atoms with Crippen LogP contribution in [0, 0.1) is 0 Å². The topological polar surface area (TPSA) is 66.5 Å². The van der Waals surface area contributed by atoms with E-state index < -0.39 is 6.04 Å². The van der Waals surface area contributed by atoms with Crippen molar-refractivity contribution >= 4 is 18.1 Å². The van der Waals surface area contributed by atoms with Crippen LogP contribution in [0.3, 0.4) is 0 Å². The van der Waals surface area contributed by atoms with Gasteiger partial charge in [-0.2, -0.15) is 0 Å². The maximum atomic E-state index is 12.9. The molecule has 1 saturated heterocycles. The lowest BCUT2D eigenvalue weighted by atomic mass is 10.0. The fraction of sp³-hybridized carbons (Fsp3) is 0.375. The van der Waals surface area contributed by atoms with E-state index in [-0.39, 0.29) is 11.8 Å². The number of hydrogen-bond acceptors (Lipinski definition) is 3. The Morgan fingerprint density at radius 1 is 0.931 bits per heavy atom. The van der Waals surface area contributed by atoms with Gasteiger partial charge in [0.25, 0.3) is 5.91 Å². The predicted molar refractivity (Wildman–Crippen MR) is 113 cm³/mol. The van der Waals surface area contributed by atoms with Gasteiger partial charge in [0.15, 0.2) is 0 Å². The Bertz CT molecular complexity index is 812. The Labute approximate surface area is 172 Å². The molecule has 1 heterocycles. The lowest BCUT2D eigenvalue weighted by Crippen LogP contribution is -2.50. The molecule has 29 heavy (non-hydrogen) atoms. The van der Waals surface area contributed by atoms with E-state index in [1.54, 1.807) is 12.1 Å². The molecular formula is C24H28N2O3. The van der Waals surface area contributed by atoms with Crippen LogP contribution in [0.4, 0.5) is 0 Å². The molecule has 0 bridgehead atoms. The van der Waals surface area contributed by atoms with Gasteiger partial charge in [-0.3, -0.25) is 9.59 Å². The average Bonchev–Trinajstić information content (AvgIpc) is 2.79. The van der Waals surface area contributed by atoms with Crippen molar-refractivity contribution in [2.24, 2.45) is 0 Å². The first-order valence-corrected chi connectivity index (χ1v) is 10.4. The van der Waals surface area contributed by atoms with Gasteiger partial charge in [-0.1, -0.05) is 42.5 Å². The van der Waals surface area contributed by atoms with Crippen LogP contribution in [0.15, 0.2) is 54.6 Å². The van der Waals surface area contributed by atoms with E-state index in [9.17, 15) is 14.4 Å². The van der Waals surface area contributed by atoms with Crippen molar-refractivity contribution in [3.63, 3.8) is 0 Å². The van der Waals surface area contributed by atoms with Gasteiger partial charge in [0.2, 0.25) is 5.91 Å². The van der Waals surface area contributed by atoms with E-state index >= 15 is 0 Å². The molecule has 1 N–H and O–H groups in total. The molecular weight excluding hydrogens is 364 g/mol. The quantitative estimate of drug-likeness (QED) is 0.548. The molecule has 0 aromatic heterocycles. The Kier molecular flexibility index (Phi) is 7.56. The van der Waals surface area contributed by atoms with Gasteiger partial charge in [-0.05, 0) is 55.4 Å². The van der Waals surface area contributed by atoms with Crippen LogP contribution in [-0.4, -0.2) is 42.1 Å². The number of hydrogen-bond donors (Lipinski definition) is 1. The Balaban J connectivity index is 1.68. The molecule has 2 amide bonds. The highest BCUT2D eigenvalue weighted by atomic mass is 16.2. The van der Waals surface area contributed by atoms with E-state index in [4.69, 9.17) is 0 Å². The zero-order valence-corrected chi connectivity index (χ0v) is 16.7. The van der Waals surface area contributed by atoms with Crippen LogP contribution < -0.4 is 5.32 Å². The summed E-state index contributed by atoms with van der Waals surface area (Å²) in [6, 6.07) is 16.8. The van der Waals surface area contributed by atoms with Gasteiger partial charge < -0.3 is 15.0 Å². The number of carbonyl (C=O) groups is 3. The molecule has 1 fully saturated rings. The molecule has 1 aliphatic heterocycles. The smallest absolute Gasteiger partial charge is 0.251 e. The number of piperidine rings is 1. The SMILES string of the molecule is O=CCCC[C@H](NC(=O)c1ccc(-c2ccccc2)cc1)C(=O)N1CCCCC1. The third-order valence-corrected chi connectivity index (χ3v) is 5.34. The fourth-order valence-corrected chi connectivity index (χ4v) is 3.68. The van der Waals surface area contributed by atoms with Gasteiger partial charge in [-0.25, -0.2) is 0 Å². The molecule has 5 heteroatoms. The van der Waals surface area contributed by atoms with Crippen molar-refractivity contribution < 1.29 is 14.4 Å². The Morgan fingerprint density at radius 3 is 2.24 bits per heavy atom. The van der Waals surface area contributed by atoms with Crippen LogP contribution >= 0.6 is 0 Å². The van der Waals surface area contributed by atoms with Crippen LogP contribution in [0.2, 0.25) is 0 Å². The van der Waals surface area contributed by atoms with E-state index in [1.165, 1.54) is 0 Å². The standard InChI is InChI=1S/C24H28N2O3/c27-18-8-5-11-22(24(29)26-16-6-2-7-17-26)25-23(28)21-14-12-20(13-15-21)19-9-3-1-4-10-19/h1,3-4,9-10,12-15,18,22H,2,5-8,11,16-17H2,(H,25,28)/t22-/m0/s1. The molecule has 0 saturated carbocycles. The fourth-order valence-electron chi connectivity index (χ4n) is 3.68. The minimum atomic E-state index is -0.589. The third kappa shape index (κ3) is 5.76. The van der Waals surface area contributed by atoms with E-state index in [0.29, 0.717) is 24.8 Å². The molecule has 0 radical (unpaired) electrons. The summed E-state index contributed by atoms with van der Waals surface area (Å²) in [7, 11) is 0. The molecule has 0 aliphatic carbocycles. The number of aldehydes is 1. The number of benzene rings is 2. The van der Waals surface area contributed by atoms with Gasteiger partial charge in [0.05, 0.1) is 0 Å². The van der Waals surface area contributed by atoms with Crippen molar-refractivity contribution in [1.29, 1.82) is 0 Å². The van der Waals surface area contributed by atoms with Crippen molar-refractivity contribution in [1.82, 2.24) is 10.2 Å². The molecule has 0 unspecified atom stereocenters. The largest absolute Gasteiger partial charge is 0.341 e. The minimum Gasteiger partial charge on any atom is -0.341 e. The third-order valence-electron chi connectivity index (χ3n) is 5.34. The van der Waals surface area contributed by atoms with Crippen molar-refractivity contribution in [2.75, 3.05) is 13.1 Å². The normalized spacial score (nSPS) is 14.8. The number of likely N-dealkylation sites (tertiary alicyclic amines) is 1. The Morgan fingerprint density at radius 2 is 1.59 bits per heavy atom. The summed E-state index contributed by atoms with van der Waals surface area (Å²) in [5.74, 6) is -0.295. The van der Waals surface area contributed by atoms with Gasteiger partial charge in [0.1, 0.15) is 12.3 Å². The molecule has 2 aromatic carbocycles. The molecule has 1 aliphatic rings. The van der Waals surface area contributed by atoms with E-state index in [1.807, 2.05) is 47.4 Å². The number of rotatable bonds is 8. The van der Waals surface area contributed by atoms with Gasteiger partial charge >= 0.3 is 0 Å². The zero-order valence-electron chi connectivity index (χ0n) is 16.7. The number of unbranched alkanes of at least 4 members (excludes halogenated alkanes) is 1. The van der Waals surface area contributed by atoms with Crippen LogP contribution in [-0.2, 0) is 9.59 Å². The molecule has 0 spiro atoms. The molecule has 2 aromatic rings. The molecule has 3 rings (SSSR count).